The molecule has 2 aromatic rings. The van der Waals surface area contributed by atoms with Gasteiger partial charge in [-0.3, -0.25) is 9.59 Å². The zero-order valence-electron chi connectivity index (χ0n) is 19.5. The first-order valence-corrected chi connectivity index (χ1v) is 11.6. The monoisotopic (exact) mass is 474 g/mol. The summed E-state index contributed by atoms with van der Waals surface area (Å²) in [5.74, 6) is -3.28. The van der Waals surface area contributed by atoms with Crippen LogP contribution >= 0.6 is 0 Å². The van der Waals surface area contributed by atoms with Gasteiger partial charge in [-0.2, -0.15) is 0 Å². The lowest BCUT2D eigenvalue weighted by Crippen LogP contribution is -2.39. The van der Waals surface area contributed by atoms with Gasteiger partial charge in [0, 0.05) is 24.2 Å². The van der Waals surface area contributed by atoms with Crippen molar-refractivity contribution in [1.29, 1.82) is 0 Å². The van der Waals surface area contributed by atoms with Crippen molar-refractivity contribution in [2.24, 2.45) is 5.92 Å². The molecule has 1 aliphatic carbocycles. The Labute approximate surface area is 198 Å². The van der Waals surface area contributed by atoms with Crippen LogP contribution in [0, 0.1) is 17.6 Å². The zero-order chi connectivity index (χ0) is 24.8. The normalized spacial score (nSPS) is 20.6. The quantitative estimate of drug-likeness (QED) is 0.489. The molecule has 1 amide bonds. The van der Waals surface area contributed by atoms with E-state index in [2.05, 4.69) is 31.3 Å². The molecule has 3 atom stereocenters. The van der Waals surface area contributed by atoms with Crippen LogP contribution < -0.4 is 5.32 Å². The number of aliphatic hydroxyl groups excluding tert-OH is 1. The van der Waals surface area contributed by atoms with E-state index < -0.39 is 36.2 Å². The van der Waals surface area contributed by atoms with Crippen LogP contribution in [0.25, 0.3) is 0 Å². The highest BCUT2D eigenvalue weighted by Gasteiger charge is 2.32. The Hall–Kier alpha value is -3.00. The number of aliphatic carboxylic acids is 1. The number of rotatable bonds is 8. The van der Waals surface area contributed by atoms with Crippen molar-refractivity contribution in [2.75, 3.05) is 11.9 Å². The van der Waals surface area contributed by atoms with E-state index in [0.717, 1.165) is 28.8 Å². The van der Waals surface area contributed by atoms with E-state index >= 15 is 0 Å². The topological polar surface area (TPSA) is 89.9 Å². The average Bonchev–Trinajstić information content (AvgIpc) is 2.93. The fourth-order valence-corrected chi connectivity index (χ4v) is 4.46. The third-order valence-electron chi connectivity index (χ3n) is 6.29. The Morgan fingerprint density at radius 3 is 2.38 bits per heavy atom. The number of carboxylic acids is 1. The van der Waals surface area contributed by atoms with Crippen LogP contribution in [0.5, 0.6) is 0 Å². The number of nitrogens with one attached hydrogen (secondary N) is 1. The maximum absolute atomic E-state index is 13.6. The van der Waals surface area contributed by atoms with Crippen LogP contribution in [-0.2, 0) is 16.1 Å². The number of hydrogen-bond acceptors (Lipinski definition) is 4. The Morgan fingerprint density at radius 2 is 1.74 bits per heavy atom. The predicted molar refractivity (Wildman–Crippen MR) is 125 cm³/mol. The summed E-state index contributed by atoms with van der Waals surface area (Å²) < 4.78 is 27.2. The molecule has 0 bridgehead atoms. The Morgan fingerprint density at radius 1 is 1.06 bits per heavy atom. The van der Waals surface area contributed by atoms with Crippen molar-refractivity contribution >= 4 is 17.6 Å². The van der Waals surface area contributed by atoms with Crippen molar-refractivity contribution < 1.29 is 28.6 Å². The Balaban J connectivity index is 1.70. The number of carbonyl (C=O) groups excluding carboxylic acids is 1. The summed E-state index contributed by atoms with van der Waals surface area (Å²) in [4.78, 5) is 25.7. The van der Waals surface area contributed by atoms with Crippen LogP contribution in [0.15, 0.2) is 42.5 Å². The number of aliphatic hydroxyl groups is 1. The number of nitrogens with zero attached hydrogens (tertiary/aromatic N) is 1. The first-order valence-electron chi connectivity index (χ1n) is 11.6. The van der Waals surface area contributed by atoms with Crippen LogP contribution in [0.4, 0.5) is 14.5 Å². The molecule has 0 saturated heterocycles. The number of carbonyl (C=O) groups is 2. The van der Waals surface area contributed by atoms with E-state index in [1.54, 1.807) is 0 Å². The van der Waals surface area contributed by atoms with Crippen LogP contribution in [0.2, 0.25) is 0 Å². The molecular weight excluding hydrogens is 442 g/mol. The molecule has 1 saturated carbocycles. The molecule has 0 radical (unpaired) electrons. The van der Waals surface area contributed by atoms with Crippen molar-refractivity contribution in [3.8, 4) is 0 Å². The van der Waals surface area contributed by atoms with E-state index in [0.29, 0.717) is 31.6 Å². The largest absolute Gasteiger partial charge is 0.480 e. The highest BCUT2D eigenvalue weighted by Crippen LogP contribution is 2.29. The number of hydrogen-bond donors (Lipinski definition) is 3. The summed E-state index contributed by atoms with van der Waals surface area (Å²) in [5.41, 5.74) is 2.27. The molecule has 6 nitrogen and oxygen atoms in total. The lowest BCUT2D eigenvalue weighted by Gasteiger charge is -2.26. The fourth-order valence-electron chi connectivity index (χ4n) is 4.46. The van der Waals surface area contributed by atoms with Crippen molar-refractivity contribution in [3.05, 3.63) is 65.2 Å². The molecule has 1 fully saturated rings. The second kappa shape index (κ2) is 11.4. The van der Waals surface area contributed by atoms with E-state index in [-0.39, 0.29) is 24.1 Å². The van der Waals surface area contributed by atoms with Gasteiger partial charge in [0.05, 0.1) is 12.1 Å². The van der Waals surface area contributed by atoms with Crippen molar-refractivity contribution in [2.45, 2.75) is 64.1 Å². The molecule has 0 aromatic heterocycles. The Kier molecular flexibility index (Phi) is 8.61. The number of carboxylic acid groups (broad SMARTS) is 1. The highest BCUT2D eigenvalue weighted by atomic mass is 19.1. The summed E-state index contributed by atoms with van der Waals surface area (Å²) in [5, 5.41) is 23.4. The smallest absolute Gasteiger partial charge is 0.323 e. The minimum absolute atomic E-state index is 0.185. The SMILES string of the molecule is CC(C)c1cccc(N[C@H]2CC[C@@H](C(=O)N(CC(=O)O)Cc3cc(F)cc(F)c3)CC[C@@H]2O)c1. The summed E-state index contributed by atoms with van der Waals surface area (Å²) >= 11 is 0. The van der Waals surface area contributed by atoms with Gasteiger partial charge in [0.25, 0.3) is 0 Å². The molecule has 0 unspecified atom stereocenters. The predicted octanol–water partition coefficient (Wildman–Crippen LogP) is 4.53. The molecule has 0 spiro atoms. The van der Waals surface area contributed by atoms with Gasteiger partial charge in [-0.15, -0.1) is 0 Å². The number of anilines is 1. The lowest BCUT2D eigenvalue weighted by molar-refractivity contribution is -0.147. The molecule has 3 N–H and O–H groups in total. The minimum atomic E-state index is -1.21. The third-order valence-corrected chi connectivity index (χ3v) is 6.29. The van der Waals surface area contributed by atoms with Gasteiger partial charge < -0.3 is 20.4 Å². The molecule has 3 rings (SSSR count). The van der Waals surface area contributed by atoms with Gasteiger partial charge in [-0.1, -0.05) is 26.0 Å². The Bertz CT molecular complexity index is 994. The van der Waals surface area contributed by atoms with Crippen molar-refractivity contribution in [1.82, 2.24) is 4.90 Å². The van der Waals surface area contributed by atoms with Gasteiger partial charge >= 0.3 is 5.97 Å². The second-order valence-corrected chi connectivity index (χ2v) is 9.32. The summed E-state index contributed by atoms with van der Waals surface area (Å²) in [7, 11) is 0. The molecule has 34 heavy (non-hydrogen) atoms. The van der Waals surface area contributed by atoms with Gasteiger partial charge in [0.1, 0.15) is 18.2 Å². The van der Waals surface area contributed by atoms with Crippen molar-refractivity contribution in [3.63, 3.8) is 0 Å². The molecular formula is C26H32F2N2O4. The average molecular weight is 475 g/mol. The second-order valence-electron chi connectivity index (χ2n) is 9.32. The van der Waals surface area contributed by atoms with Crippen LogP contribution in [0.1, 0.15) is 56.6 Å². The highest BCUT2D eigenvalue weighted by molar-refractivity contribution is 5.83. The minimum Gasteiger partial charge on any atom is -0.480 e. The summed E-state index contributed by atoms with van der Waals surface area (Å²) in [6, 6.07) is 10.7. The van der Waals surface area contributed by atoms with Gasteiger partial charge in [-0.25, -0.2) is 8.78 Å². The van der Waals surface area contributed by atoms with E-state index in [4.69, 9.17) is 0 Å². The van der Waals surface area contributed by atoms with Crippen LogP contribution in [-0.4, -0.2) is 45.7 Å². The summed E-state index contributed by atoms with van der Waals surface area (Å²) in [6.07, 6.45) is 1.11. The maximum atomic E-state index is 13.6. The lowest BCUT2D eigenvalue weighted by atomic mass is 9.98. The number of benzene rings is 2. The standard InChI is InChI=1S/C26H32F2N2O4/c1-16(2)19-4-3-5-22(12-19)29-23-8-6-18(7-9-24(23)31)26(34)30(15-25(32)33)14-17-10-20(27)13-21(28)11-17/h3-5,10-13,16,18,23-24,29,31H,6-9,14-15H2,1-2H3,(H,32,33)/t18-,23+,24+/m1/s1. The first-order chi connectivity index (χ1) is 16.1. The zero-order valence-corrected chi connectivity index (χ0v) is 19.5. The first kappa shape index (κ1) is 25.6. The molecule has 2 aromatic carbocycles. The van der Waals surface area contributed by atoms with Gasteiger partial charge in [0.15, 0.2) is 0 Å². The summed E-state index contributed by atoms with van der Waals surface area (Å²) in [6.45, 7) is 3.44. The van der Waals surface area contributed by atoms with E-state index in [9.17, 15) is 28.6 Å². The van der Waals surface area contributed by atoms with Gasteiger partial charge in [-0.05, 0) is 67.0 Å². The van der Waals surface area contributed by atoms with E-state index in [1.165, 1.54) is 5.56 Å². The number of amides is 1. The molecule has 1 aliphatic rings. The molecule has 0 heterocycles. The van der Waals surface area contributed by atoms with Gasteiger partial charge in [0.2, 0.25) is 5.91 Å². The molecule has 8 heteroatoms. The maximum Gasteiger partial charge on any atom is 0.323 e. The molecule has 184 valence electrons. The molecule has 0 aliphatic heterocycles. The third kappa shape index (κ3) is 7.00. The van der Waals surface area contributed by atoms with E-state index in [1.807, 2.05) is 12.1 Å². The fraction of sp³-hybridized carbons (Fsp3) is 0.462. The van der Waals surface area contributed by atoms with Crippen LogP contribution in [0.3, 0.4) is 0 Å². The number of halogens is 2.